The number of phosphoric ester groups is 2. The number of carbonyl (C=O) groups is 4. The summed E-state index contributed by atoms with van der Waals surface area (Å²) in [7, 11) is -9.99. The van der Waals surface area contributed by atoms with Crippen LogP contribution in [0, 0.1) is 0 Å². The molecule has 17 nitrogen and oxygen atoms in total. The Balaban J connectivity index is 5.43. The highest BCUT2D eigenvalue weighted by Gasteiger charge is 2.30. The normalized spacial score (nSPS) is 14.5. The molecule has 0 aromatic heterocycles. The van der Waals surface area contributed by atoms with Gasteiger partial charge in [0.1, 0.15) is 19.3 Å². The highest BCUT2D eigenvalue weighted by Crippen LogP contribution is 2.45. The number of allylic oxidation sites excluding steroid dienone is 22. The predicted octanol–water partition coefficient (Wildman–Crippen LogP) is 24.4. The minimum Gasteiger partial charge on any atom is -0.462 e. The summed E-state index contributed by atoms with van der Waals surface area (Å²) in [5.74, 6) is -2.25. The van der Waals surface area contributed by atoms with Crippen molar-refractivity contribution >= 4 is 39.5 Å². The van der Waals surface area contributed by atoms with Gasteiger partial charge in [0.2, 0.25) is 0 Å². The second-order valence-corrected chi connectivity index (χ2v) is 30.2. The van der Waals surface area contributed by atoms with Gasteiger partial charge in [0.25, 0.3) is 0 Å². The quantitative estimate of drug-likeness (QED) is 0.0169. The van der Waals surface area contributed by atoms with Crippen LogP contribution in [0.4, 0.5) is 0 Å². The Morgan fingerprint density at radius 1 is 0.274 bits per heavy atom. The van der Waals surface area contributed by atoms with Crippen molar-refractivity contribution in [1.29, 1.82) is 0 Å². The molecule has 0 saturated heterocycles. The Hall–Kier alpha value is -4.80. The summed E-state index contributed by atoms with van der Waals surface area (Å²) < 4.78 is 68.7. The van der Waals surface area contributed by atoms with Crippen LogP contribution in [0.2, 0.25) is 0 Å². The topological polar surface area (TPSA) is 237 Å². The van der Waals surface area contributed by atoms with E-state index in [-0.39, 0.29) is 25.7 Å². The van der Waals surface area contributed by atoms with E-state index in [1.54, 1.807) is 0 Å². The third kappa shape index (κ3) is 77.4. The van der Waals surface area contributed by atoms with E-state index in [0.717, 1.165) is 161 Å². The standard InChI is InChI=1S/C87H148O17P2/c1-5-9-13-17-21-25-29-33-36-38-40-42-45-49-52-56-60-64-68-72-85(90)98-78-83(104-87(92)74-70-66-62-58-54-50-46-43-41-39-37-34-30-26-22-18-14-10-6-2)80-102-106(95,96)100-76-81(88)75-99-105(93,94)101-79-82(103-86(91)73-69-65-61-57-53-47-32-28-24-20-16-12-8-4)77-97-84(89)71-67-63-59-55-51-48-44-35-31-27-23-19-15-11-7-3/h9-10,13-14,21-22,25-26,28,32-34,36-37,40-43,49-50,52,54,81-83,88H,5-8,11-12,15-20,23-24,27,29-31,35,38-39,44-48,51,53,55-80H2,1-4H3,(H,93,94)(H,95,96)/b13-9-,14-10-,25-21-,26-22-,32-28-,36-33-,37-34-,42-40-,43-41-,52-49-,54-50-/t81-,82+,83+/m0/s1. The number of unbranched alkanes of at least 4 members (excludes halogenated alkanes) is 29. The highest BCUT2D eigenvalue weighted by molar-refractivity contribution is 7.47. The fourth-order valence-corrected chi connectivity index (χ4v) is 12.4. The maximum absolute atomic E-state index is 13.1. The summed E-state index contributed by atoms with van der Waals surface area (Å²) in [6.07, 6.45) is 88.5. The molecule has 0 aliphatic rings. The van der Waals surface area contributed by atoms with Crippen LogP contribution in [0.3, 0.4) is 0 Å². The smallest absolute Gasteiger partial charge is 0.462 e. The molecule has 106 heavy (non-hydrogen) atoms. The SMILES string of the molecule is CC/C=C\C/C=C\C/C=C\C/C=C\C/C=C\CCCCCC(=O)OC[C@H](COP(=O)(O)OC[C@@H](O)COP(=O)(O)OC[C@@H](COC(=O)CCCCCCCCCCCCCCCCC)OC(=O)CCCCCCC/C=C\CCCCCC)OC(=O)CCCCC/C=C\C/C=C\C/C=C\C/C=C\C/C=C\CC. The molecular weight excluding hydrogens is 1380 g/mol. The molecule has 0 heterocycles. The first-order valence-electron chi connectivity index (χ1n) is 41.4. The Kier molecular flexibility index (Phi) is 74.8. The van der Waals surface area contributed by atoms with Gasteiger partial charge in [-0.25, -0.2) is 9.13 Å². The van der Waals surface area contributed by atoms with E-state index in [4.69, 9.17) is 37.0 Å². The second kappa shape index (κ2) is 78.3. The molecule has 0 amide bonds. The van der Waals surface area contributed by atoms with Gasteiger partial charge < -0.3 is 33.8 Å². The van der Waals surface area contributed by atoms with Crippen molar-refractivity contribution < 1.29 is 80.2 Å². The molecule has 0 fully saturated rings. The molecule has 3 N–H and O–H groups in total. The second-order valence-electron chi connectivity index (χ2n) is 27.3. The summed E-state index contributed by atoms with van der Waals surface area (Å²) in [5, 5.41) is 10.7. The molecule has 0 spiro atoms. The van der Waals surface area contributed by atoms with Crippen molar-refractivity contribution in [3.05, 3.63) is 134 Å². The van der Waals surface area contributed by atoms with E-state index in [1.165, 1.54) is 96.3 Å². The van der Waals surface area contributed by atoms with Gasteiger partial charge in [-0.3, -0.25) is 37.3 Å². The first-order chi connectivity index (χ1) is 51.7. The summed E-state index contributed by atoms with van der Waals surface area (Å²) in [6.45, 7) is 4.58. The molecule has 19 heteroatoms. The molecule has 0 aromatic carbocycles. The number of aliphatic hydroxyl groups excluding tert-OH is 1. The maximum atomic E-state index is 13.1. The molecular formula is C87H148O17P2. The lowest BCUT2D eigenvalue weighted by Gasteiger charge is -2.21. The first-order valence-corrected chi connectivity index (χ1v) is 44.4. The van der Waals surface area contributed by atoms with Crippen LogP contribution >= 0.6 is 15.6 Å². The third-order valence-corrected chi connectivity index (χ3v) is 19.0. The minimum absolute atomic E-state index is 0.0445. The van der Waals surface area contributed by atoms with Crippen molar-refractivity contribution in [2.24, 2.45) is 0 Å². The number of carbonyl (C=O) groups excluding carboxylic acids is 4. The fraction of sp³-hybridized carbons (Fsp3) is 0.701. The number of phosphoric acid groups is 2. The van der Waals surface area contributed by atoms with Gasteiger partial charge in [0.15, 0.2) is 12.2 Å². The van der Waals surface area contributed by atoms with Crippen LogP contribution in [0.15, 0.2) is 134 Å². The van der Waals surface area contributed by atoms with Crippen LogP contribution < -0.4 is 0 Å². The summed E-state index contributed by atoms with van der Waals surface area (Å²) in [6, 6.07) is 0. The molecule has 5 atom stereocenters. The Bertz CT molecular complexity index is 2530. The van der Waals surface area contributed by atoms with Gasteiger partial charge in [-0.15, -0.1) is 0 Å². The van der Waals surface area contributed by atoms with E-state index in [0.29, 0.717) is 25.7 Å². The van der Waals surface area contributed by atoms with Gasteiger partial charge in [0, 0.05) is 25.7 Å². The number of aliphatic hydroxyl groups is 1. The van der Waals surface area contributed by atoms with Crippen molar-refractivity contribution in [2.45, 2.75) is 354 Å². The minimum atomic E-state index is -5.00. The van der Waals surface area contributed by atoms with Crippen molar-refractivity contribution in [3.8, 4) is 0 Å². The van der Waals surface area contributed by atoms with Crippen LogP contribution in [0.5, 0.6) is 0 Å². The van der Waals surface area contributed by atoms with Gasteiger partial charge in [0.05, 0.1) is 26.4 Å². The van der Waals surface area contributed by atoms with Crippen molar-refractivity contribution in [2.75, 3.05) is 39.6 Å². The largest absolute Gasteiger partial charge is 0.472 e. The van der Waals surface area contributed by atoms with Crippen molar-refractivity contribution in [1.82, 2.24) is 0 Å². The summed E-state index contributed by atoms with van der Waals surface area (Å²) in [4.78, 5) is 73.1. The van der Waals surface area contributed by atoms with Gasteiger partial charge in [-0.1, -0.05) is 303 Å². The lowest BCUT2D eigenvalue weighted by molar-refractivity contribution is -0.161. The third-order valence-electron chi connectivity index (χ3n) is 17.1. The molecule has 0 radical (unpaired) electrons. The summed E-state index contributed by atoms with van der Waals surface area (Å²) >= 11 is 0. The summed E-state index contributed by atoms with van der Waals surface area (Å²) in [5.41, 5.74) is 0. The van der Waals surface area contributed by atoms with E-state index >= 15 is 0 Å². The predicted molar refractivity (Wildman–Crippen MR) is 436 cm³/mol. The van der Waals surface area contributed by atoms with Crippen LogP contribution in [0.25, 0.3) is 0 Å². The van der Waals surface area contributed by atoms with Crippen LogP contribution in [-0.4, -0.2) is 96.7 Å². The monoisotopic (exact) mass is 1530 g/mol. The molecule has 0 saturated carbocycles. The molecule has 608 valence electrons. The van der Waals surface area contributed by atoms with Crippen molar-refractivity contribution in [3.63, 3.8) is 0 Å². The lowest BCUT2D eigenvalue weighted by atomic mass is 10.0. The average molecular weight is 1530 g/mol. The molecule has 0 aromatic rings. The van der Waals surface area contributed by atoms with E-state index in [2.05, 4.69) is 161 Å². The number of rotatable bonds is 77. The Morgan fingerprint density at radius 2 is 0.491 bits per heavy atom. The Morgan fingerprint density at radius 3 is 0.783 bits per heavy atom. The molecule has 2 unspecified atom stereocenters. The zero-order valence-corrected chi connectivity index (χ0v) is 68.4. The lowest BCUT2D eigenvalue weighted by Crippen LogP contribution is -2.30. The van der Waals surface area contributed by atoms with Gasteiger partial charge in [-0.2, -0.15) is 0 Å². The number of hydrogen-bond acceptors (Lipinski definition) is 15. The van der Waals surface area contributed by atoms with E-state index < -0.39 is 97.5 Å². The molecule has 0 aliphatic carbocycles. The van der Waals surface area contributed by atoms with Crippen LogP contribution in [-0.2, 0) is 65.4 Å². The van der Waals surface area contributed by atoms with Crippen LogP contribution in [0.1, 0.15) is 336 Å². The number of ether oxygens (including phenoxy) is 4. The van der Waals surface area contributed by atoms with E-state index in [9.17, 15) is 43.2 Å². The molecule has 0 aliphatic heterocycles. The van der Waals surface area contributed by atoms with Gasteiger partial charge >= 0.3 is 39.5 Å². The maximum Gasteiger partial charge on any atom is 0.472 e. The zero-order valence-electron chi connectivity index (χ0n) is 66.6. The first kappa shape index (κ1) is 101. The molecule has 0 bridgehead atoms. The Labute approximate surface area is 644 Å². The number of hydrogen-bond donors (Lipinski definition) is 3. The average Bonchev–Trinajstić information content (AvgIpc) is 0.903. The number of esters is 4. The van der Waals surface area contributed by atoms with E-state index in [1.807, 2.05) is 0 Å². The fourth-order valence-electron chi connectivity index (χ4n) is 10.9. The molecule has 0 rings (SSSR count). The highest BCUT2D eigenvalue weighted by atomic mass is 31.2. The van der Waals surface area contributed by atoms with Gasteiger partial charge in [-0.05, 0) is 141 Å². The zero-order chi connectivity index (χ0) is 77.4.